The first-order chi connectivity index (χ1) is 7.09. The van der Waals surface area contributed by atoms with E-state index in [-0.39, 0.29) is 6.10 Å². The van der Waals surface area contributed by atoms with Crippen molar-refractivity contribution < 1.29 is 5.11 Å². The number of aryl methyl sites for hydroxylation is 1. The van der Waals surface area contributed by atoms with Crippen LogP contribution in [0.25, 0.3) is 0 Å². The molecule has 0 aliphatic rings. The molecule has 1 heterocycles. The molecule has 0 radical (unpaired) electrons. The second kappa shape index (κ2) is 5.83. The molecule has 3 heteroatoms. The fourth-order valence-corrected chi connectivity index (χ4v) is 1.46. The van der Waals surface area contributed by atoms with Gasteiger partial charge < -0.3 is 10.0 Å². The topological polar surface area (TPSA) is 36.4 Å². The minimum atomic E-state index is -0.220. The Balaban J connectivity index is 2.44. The number of nitrogens with zero attached hydrogens (tertiary/aromatic N) is 2. The number of aliphatic hydroxyl groups excluding tert-OH is 1. The minimum absolute atomic E-state index is 0.220. The predicted molar refractivity (Wildman–Crippen MR) is 61.6 cm³/mol. The van der Waals surface area contributed by atoms with Gasteiger partial charge >= 0.3 is 0 Å². The minimum Gasteiger partial charge on any atom is -0.393 e. The summed E-state index contributed by atoms with van der Waals surface area (Å²) in [6, 6.07) is 4.06. The van der Waals surface area contributed by atoms with Gasteiger partial charge in [-0.3, -0.25) is 4.98 Å². The van der Waals surface area contributed by atoms with Gasteiger partial charge in [0.05, 0.1) is 6.10 Å². The third-order valence-electron chi connectivity index (χ3n) is 2.49. The molecule has 1 aromatic rings. The van der Waals surface area contributed by atoms with Crippen LogP contribution in [0.2, 0.25) is 0 Å². The summed E-state index contributed by atoms with van der Waals surface area (Å²) < 4.78 is 0. The van der Waals surface area contributed by atoms with Crippen LogP contribution in [-0.4, -0.2) is 34.7 Å². The number of rotatable bonds is 5. The maximum absolute atomic E-state index is 9.18. The van der Waals surface area contributed by atoms with E-state index in [9.17, 15) is 5.11 Å². The Morgan fingerprint density at radius 2 is 2.27 bits per heavy atom. The molecule has 1 atom stereocenters. The first-order valence-electron chi connectivity index (χ1n) is 5.36. The second-order valence-corrected chi connectivity index (χ2v) is 4.12. The van der Waals surface area contributed by atoms with Gasteiger partial charge in [-0.05, 0) is 38.9 Å². The standard InChI is InChI=1S/C12H20N2O/c1-10(15)6-8-14(3)9-12-5-4-7-13-11(12)2/h4-5,7,10,15H,6,8-9H2,1-3H3. The lowest BCUT2D eigenvalue weighted by molar-refractivity contribution is 0.163. The zero-order chi connectivity index (χ0) is 11.3. The zero-order valence-corrected chi connectivity index (χ0v) is 9.77. The molecule has 3 nitrogen and oxygen atoms in total. The molecule has 1 aromatic heterocycles. The fourth-order valence-electron chi connectivity index (χ4n) is 1.46. The van der Waals surface area contributed by atoms with Gasteiger partial charge in [0.15, 0.2) is 0 Å². The van der Waals surface area contributed by atoms with E-state index in [4.69, 9.17) is 0 Å². The predicted octanol–water partition coefficient (Wildman–Crippen LogP) is 1.59. The molecule has 0 amide bonds. The third kappa shape index (κ3) is 4.40. The molecule has 1 unspecified atom stereocenters. The van der Waals surface area contributed by atoms with Gasteiger partial charge in [0, 0.05) is 25.0 Å². The van der Waals surface area contributed by atoms with Crippen molar-refractivity contribution in [2.75, 3.05) is 13.6 Å². The number of hydrogen-bond acceptors (Lipinski definition) is 3. The van der Waals surface area contributed by atoms with Crippen LogP contribution < -0.4 is 0 Å². The number of hydrogen-bond donors (Lipinski definition) is 1. The summed E-state index contributed by atoms with van der Waals surface area (Å²) in [7, 11) is 2.06. The summed E-state index contributed by atoms with van der Waals surface area (Å²) >= 11 is 0. The monoisotopic (exact) mass is 208 g/mol. The summed E-state index contributed by atoms with van der Waals surface area (Å²) in [5.74, 6) is 0. The van der Waals surface area contributed by atoms with Gasteiger partial charge in [-0.25, -0.2) is 0 Å². The maximum atomic E-state index is 9.18. The van der Waals surface area contributed by atoms with E-state index in [0.717, 1.165) is 25.2 Å². The van der Waals surface area contributed by atoms with Gasteiger partial charge in [-0.15, -0.1) is 0 Å². The van der Waals surface area contributed by atoms with Gasteiger partial charge in [0.1, 0.15) is 0 Å². The van der Waals surface area contributed by atoms with Crippen LogP contribution in [0.15, 0.2) is 18.3 Å². The van der Waals surface area contributed by atoms with E-state index < -0.39 is 0 Å². The molecule has 84 valence electrons. The van der Waals surface area contributed by atoms with Gasteiger partial charge in [0.25, 0.3) is 0 Å². The number of pyridine rings is 1. The van der Waals surface area contributed by atoms with Crippen LogP contribution >= 0.6 is 0 Å². The average Bonchev–Trinajstić information content (AvgIpc) is 2.18. The van der Waals surface area contributed by atoms with Crippen molar-refractivity contribution in [2.24, 2.45) is 0 Å². The molecule has 0 spiro atoms. The Labute approximate surface area is 91.8 Å². The molecule has 0 saturated carbocycles. The lowest BCUT2D eigenvalue weighted by atomic mass is 10.2. The molecule has 0 bridgehead atoms. The lowest BCUT2D eigenvalue weighted by Gasteiger charge is -2.18. The van der Waals surface area contributed by atoms with Crippen molar-refractivity contribution in [1.29, 1.82) is 0 Å². The summed E-state index contributed by atoms with van der Waals surface area (Å²) in [6.45, 7) is 5.65. The molecule has 0 aromatic carbocycles. The smallest absolute Gasteiger partial charge is 0.0524 e. The van der Waals surface area contributed by atoms with Crippen LogP contribution in [0, 0.1) is 6.92 Å². The third-order valence-corrected chi connectivity index (χ3v) is 2.49. The average molecular weight is 208 g/mol. The quantitative estimate of drug-likeness (QED) is 0.798. The van der Waals surface area contributed by atoms with Crippen LogP contribution in [0.1, 0.15) is 24.6 Å². The molecule has 0 aliphatic carbocycles. The van der Waals surface area contributed by atoms with Crippen LogP contribution in [0.5, 0.6) is 0 Å². The normalized spacial score (nSPS) is 13.1. The highest BCUT2D eigenvalue weighted by atomic mass is 16.3. The first kappa shape index (κ1) is 12.1. The summed E-state index contributed by atoms with van der Waals surface area (Å²) in [4.78, 5) is 6.46. The van der Waals surface area contributed by atoms with Gasteiger partial charge in [0.2, 0.25) is 0 Å². The summed E-state index contributed by atoms with van der Waals surface area (Å²) in [6.07, 6.45) is 2.41. The Hall–Kier alpha value is -0.930. The van der Waals surface area contributed by atoms with Gasteiger partial charge in [-0.1, -0.05) is 6.07 Å². The highest BCUT2D eigenvalue weighted by Gasteiger charge is 2.04. The largest absolute Gasteiger partial charge is 0.393 e. The van der Waals surface area contributed by atoms with Crippen molar-refractivity contribution >= 4 is 0 Å². The van der Waals surface area contributed by atoms with E-state index in [0.29, 0.717) is 0 Å². The highest BCUT2D eigenvalue weighted by Crippen LogP contribution is 2.07. The van der Waals surface area contributed by atoms with Crippen LogP contribution in [0.3, 0.4) is 0 Å². The molecule has 1 N–H and O–H groups in total. The number of aromatic nitrogens is 1. The van der Waals surface area contributed by atoms with Crippen LogP contribution in [-0.2, 0) is 6.54 Å². The molecule has 1 rings (SSSR count). The SMILES string of the molecule is Cc1ncccc1CN(C)CCC(C)O. The maximum Gasteiger partial charge on any atom is 0.0524 e. The Morgan fingerprint density at radius 1 is 1.53 bits per heavy atom. The first-order valence-corrected chi connectivity index (χ1v) is 5.36. The molecular weight excluding hydrogens is 188 g/mol. The van der Waals surface area contributed by atoms with E-state index >= 15 is 0 Å². The van der Waals surface area contributed by atoms with Gasteiger partial charge in [-0.2, -0.15) is 0 Å². The Bertz CT molecular complexity index is 299. The Morgan fingerprint density at radius 3 is 2.87 bits per heavy atom. The highest BCUT2D eigenvalue weighted by molar-refractivity contribution is 5.17. The second-order valence-electron chi connectivity index (χ2n) is 4.12. The summed E-state index contributed by atoms with van der Waals surface area (Å²) in [5.41, 5.74) is 2.34. The molecule has 0 aliphatic heterocycles. The van der Waals surface area contributed by atoms with Crippen molar-refractivity contribution in [2.45, 2.75) is 32.9 Å². The van der Waals surface area contributed by atoms with Crippen molar-refractivity contribution in [3.8, 4) is 0 Å². The fraction of sp³-hybridized carbons (Fsp3) is 0.583. The van der Waals surface area contributed by atoms with E-state index in [1.54, 1.807) is 0 Å². The molecule has 15 heavy (non-hydrogen) atoms. The van der Waals surface area contributed by atoms with Crippen molar-refractivity contribution in [3.63, 3.8) is 0 Å². The molecular formula is C12H20N2O. The lowest BCUT2D eigenvalue weighted by Crippen LogP contribution is -2.22. The van der Waals surface area contributed by atoms with E-state index in [1.165, 1.54) is 5.56 Å². The van der Waals surface area contributed by atoms with E-state index in [1.807, 2.05) is 26.1 Å². The zero-order valence-electron chi connectivity index (χ0n) is 9.77. The van der Waals surface area contributed by atoms with E-state index in [2.05, 4.69) is 23.0 Å². The van der Waals surface area contributed by atoms with Crippen molar-refractivity contribution in [1.82, 2.24) is 9.88 Å². The summed E-state index contributed by atoms with van der Waals surface area (Å²) in [5, 5.41) is 9.18. The molecule has 0 fully saturated rings. The molecule has 0 saturated heterocycles. The Kier molecular flexibility index (Phi) is 4.72. The van der Waals surface area contributed by atoms with Crippen LogP contribution in [0.4, 0.5) is 0 Å². The van der Waals surface area contributed by atoms with Crippen molar-refractivity contribution in [3.05, 3.63) is 29.6 Å². The number of aliphatic hydroxyl groups is 1.